The van der Waals surface area contributed by atoms with Crippen LogP contribution in [0, 0.1) is 5.92 Å². The van der Waals surface area contributed by atoms with Crippen LogP contribution in [0.2, 0.25) is 5.02 Å². The number of ether oxygens (including phenoxy) is 2. The minimum absolute atomic E-state index is 0.203. The van der Waals surface area contributed by atoms with Crippen molar-refractivity contribution in [3.05, 3.63) is 28.8 Å². The highest BCUT2D eigenvalue weighted by Gasteiger charge is 2.22. The third kappa shape index (κ3) is 3.91. The Morgan fingerprint density at radius 2 is 2.22 bits per heavy atom. The molecule has 0 saturated heterocycles. The second-order valence-electron chi connectivity index (χ2n) is 4.49. The van der Waals surface area contributed by atoms with Crippen LogP contribution in [0.5, 0.6) is 5.75 Å². The fourth-order valence-electron chi connectivity index (χ4n) is 1.69. The van der Waals surface area contributed by atoms with E-state index < -0.39 is 0 Å². The summed E-state index contributed by atoms with van der Waals surface area (Å²) in [5.74, 6) is 1.16. The summed E-state index contributed by atoms with van der Waals surface area (Å²) in [5.41, 5.74) is 0.793. The van der Waals surface area contributed by atoms with E-state index in [4.69, 9.17) is 21.1 Å². The molecule has 1 fully saturated rings. The lowest BCUT2D eigenvalue weighted by Crippen LogP contribution is -2.09. The summed E-state index contributed by atoms with van der Waals surface area (Å²) in [7, 11) is 0. The first-order valence-electron chi connectivity index (χ1n) is 6.26. The van der Waals surface area contributed by atoms with E-state index in [9.17, 15) is 4.79 Å². The van der Waals surface area contributed by atoms with Gasteiger partial charge in [0, 0.05) is 10.6 Å². The minimum Gasteiger partial charge on any atom is -0.493 e. The van der Waals surface area contributed by atoms with Gasteiger partial charge in [-0.05, 0) is 43.9 Å². The molecule has 1 aliphatic carbocycles. The molecule has 0 aromatic heterocycles. The van der Waals surface area contributed by atoms with Crippen LogP contribution in [0.15, 0.2) is 18.2 Å². The van der Waals surface area contributed by atoms with Gasteiger partial charge < -0.3 is 9.47 Å². The molecule has 98 valence electrons. The summed E-state index contributed by atoms with van der Waals surface area (Å²) in [6.45, 7) is 2.90. The van der Waals surface area contributed by atoms with Crippen molar-refractivity contribution in [2.75, 3.05) is 13.2 Å². The smallest absolute Gasteiger partial charge is 0.310 e. The lowest BCUT2D eigenvalue weighted by atomic mass is 10.1. The Bertz CT molecular complexity index is 427. The van der Waals surface area contributed by atoms with Gasteiger partial charge in [-0.2, -0.15) is 0 Å². The van der Waals surface area contributed by atoms with E-state index in [0.717, 1.165) is 17.9 Å². The molecule has 4 heteroatoms. The van der Waals surface area contributed by atoms with Crippen molar-refractivity contribution in [1.29, 1.82) is 0 Å². The molecule has 1 aromatic rings. The lowest BCUT2D eigenvalue weighted by Gasteiger charge is -2.11. The molecule has 0 radical (unpaired) electrons. The van der Waals surface area contributed by atoms with E-state index in [-0.39, 0.29) is 12.4 Å². The first-order chi connectivity index (χ1) is 8.69. The van der Waals surface area contributed by atoms with Crippen LogP contribution in [0.4, 0.5) is 0 Å². The molecule has 0 unspecified atom stereocenters. The maximum Gasteiger partial charge on any atom is 0.310 e. The summed E-state index contributed by atoms with van der Waals surface area (Å²) in [6.07, 6.45) is 2.68. The van der Waals surface area contributed by atoms with Gasteiger partial charge in [-0.25, -0.2) is 0 Å². The second-order valence-corrected chi connectivity index (χ2v) is 4.92. The largest absolute Gasteiger partial charge is 0.493 e. The predicted molar refractivity (Wildman–Crippen MR) is 70.0 cm³/mol. The fraction of sp³-hybridized carbons (Fsp3) is 0.500. The summed E-state index contributed by atoms with van der Waals surface area (Å²) in [5, 5.41) is 0.605. The molecule has 1 aromatic carbocycles. The number of halogens is 1. The van der Waals surface area contributed by atoms with Gasteiger partial charge in [0.2, 0.25) is 0 Å². The molecule has 0 spiro atoms. The fourth-order valence-corrected chi connectivity index (χ4v) is 1.88. The normalized spacial score (nSPS) is 14.3. The van der Waals surface area contributed by atoms with Crippen LogP contribution in [0.1, 0.15) is 25.3 Å². The number of hydrogen-bond donors (Lipinski definition) is 0. The quantitative estimate of drug-likeness (QED) is 0.743. The van der Waals surface area contributed by atoms with Crippen LogP contribution in [0.25, 0.3) is 0 Å². The molecule has 0 heterocycles. The molecule has 1 aliphatic rings. The monoisotopic (exact) mass is 268 g/mol. The molecule has 0 bridgehead atoms. The first-order valence-corrected chi connectivity index (χ1v) is 6.63. The molecular formula is C14H17ClO3. The maximum atomic E-state index is 11.5. The van der Waals surface area contributed by atoms with E-state index >= 15 is 0 Å². The van der Waals surface area contributed by atoms with E-state index in [1.54, 1.807) is 19.1 Å². The topological polar surface area (TPSA) is 35.5 Å². The molecule has 0 N–H and O–H groups in total. The molecular weight excluding hydrogens is 252 g/mol. The minimum atomic E-state index is -0.254. The Balaban J connectivity index is 2.03. The van der Waals surface area contributed by atoms with Gasteiger partial charge in [0.15, 0.2) is 0 Å². The zero-order chi connectivity index (χ0) is 13.0. The van der Waals surface area contributed by atoms with Crippen molar-refractivity contribution in [2.24, 2.45) is 5.92 Å². The SMILES string of the molecule is CCOC(=O)Cc1cc(Cl)ccc1OCC1CC1. The lowest BCUT2D eigenvalue weighted by molar-refractivity contribution is -0.142. The number of carbonyl (C=O) groups is 1. The molecule has 18 heavy (non-hydrogen) atoms. The highest BCUT2D eigenvalue weighted by molar-refractivity contribution is 6.30. The first kappa shape index (κ1) is 13.2. The summed E-state index contributed by atoms with van der Waals surface area (Å²) < 4.78 is 10.7. The highest BCUT2D eigenvalue weighted by atomic mass is 35.5. The summed E-state index contributed by atoms with van der Waals surface area (Å²) in [4.78, 5) is 11.5. The summed E-state index contributed by atoms with van der Waals surface area (Å²) >= 11 is 5.94. The molecule has 3 nitrogen and oxygen atoms in total. The molecule has 0 amide bonds. The molecule has 0 aliphatic heterocycles. The zero-order valence-electron chi connectivity index (χ0n) is 10.4. The van der Waals surface area contributed by atoms with Crippen LogP contribution in [0.3, 0.4) is 0 Å². The number of rotatable bonds is 6. The van der Waals surface area contributed by atoms with Crippen molar-refractivity contribution >= 4 is 17.6 Å². The van der Waals surface area contributed by atoms with Gasteiger partial charge in [0.1, 0.15) is 5.75 Å². The van der Waals surface area contributed by atoms with E-state index in [1.807, 2.05) is 6.07 Å². The summed E-state index contributed by atoms with van der Waals surface area (Å²) in [6, 6.07) is 5.36. The number of benzene rings is 1. The second kappa shape index (κ2) is 6.10. The van der Waals surface area contributed by atoms with Crippen LogP contribution >= 0.6 is 11.6 Å². The van der Waals surface area contributed by atoms with Gasteiger partial charge >= 0.3 is 5.97 Å². The van der Waals surface area contributed by atoms with Gasteiger partial charge in [-0.15, -0.1) is 0 Å². The van der Waals surface area contributed by atoms with Gasteiger partial charge in [0.25, 0.3) is 0 Å². The van der Waals surface area contributed by atoms with Gasteiger partial charge in [-0.3, -0.25) is 4.79 Å². The zero-order valence-corrected chi connectivity index (χ0v) is 11.2. The maximum absolute atomic E-state index is 11.5. The third-order valence-electron chi connectivity index (χ3n) is 2.83. The standard InChI is InChI=1S/C14H17ClO3/c1-2-17-14(16)8-11-7-12(15)5-6-13(11)18-9-10-3-4-10/h5-7,10H,2-4,8-9H2,1H3. The average Bonchev–Trinajstić information content (AvgIpc) is 3.12. The van der Waals surface area contributed by atoms with Crippen molar-refractivity contribution in [1.82, 2.24) is 0 Å². The Hall–Kier alpha value is -1.22. The Morgan fingerprint density at radius 3 is 2.89 bits per heavy atom. The van der Waals surface area contributed by atoms with Crippen molar-refractivity contribution in [3.8, 4) is 5.75 Å². The Morgan fingerprint density at radius 1 is 1.44 bits per heavy atom. The predicted octanol–water partition coefficient (Wildman–Crippen LogP) is 3.23. The van der Waals surface area contributed by atoms with Crippen molar-refractivity contribution in [3.63, 3.8) is 0 Å². The van der Waals surface area contributed by atoms with Crippen molar-refractivity contribution in [2.45, 2.75) is 26.2 Å². The van der Waals surface area contributed by atoms with Gasteiger partial charge in [-0.1, -0.05) is 11.6 Å². The third-order valence-corrected chi connectivity index (χ3v) is 3.07. The number of hydrogen-bond acceptors (Lipinski definition) is 3. The number of carbonyl (C=O) groups excluding carboxylic acids is 1. The molecule has 2 rings (SSSR count). The van der Waals surface area contributed by atoms with E-state index in [1.165, 1.54) is 12.8 Å². The van der Waals surface area contributed by atoms with Gasteiger partial charge in [0.05, 0.1) is 19.6 Å². The average molecular weight is 269 g/mol. The molecule has 0 atom stereocenters. The van der Waals surface area contributed by atoms with Crippen LogP contribution in [-0.2, 0) is 16.0 Å². The highest BCUT2D eigenvalue weighted by Crippen LogP contribution is 2.31. The Labute approximate surface area is 112 Å². The molecule has 1 saturated carbocycles. The van der Waals surface area contributed by atoms with E-state index in [0.29, 0.717) is 17.5 Å². The Kier molecular flexibility index (Phi) is 4.48. The number of esters is 1. The van der Waals surface area contributed by atoms with E-state index in [2.05, 4.69) is 0 Å². The van der Waals surface area contributed by atoms with Crippen molar-refractivity contribution < 1.29 is 14.3 Å². The van der Waals surface area contributed by atoms with Crippen LogP contribution < -0.4 is 4.74 Å². The van der Waals surface area contributed by atoms with Crippen LogP contribution in [-0.4, -0.2) is 19.2 Å².